The standard InChI is InChI=1S/C26H29N3O2/c1-19-17-21(15-16-23(19)27)18-28-26(31)25(22-12-6-3-7-13-22)29-24(30)14-8-11-20-9-4-2-5-10-20/h2-7,9-10,12-13,15-17,25H,8,11,14,18,27H2,1H3,(H,28,31)(H,29,30). The highest BCUT2D eigenvalue weighted by Crippen LogP contribution is 2.16. The number of benzene rings is 3. The Balaban J connectivity index is 1.60. The van der Waals surface area contributed by atoms with Gasteiger partial charge in [0.1, 0.15) is 6.04 Å². The van der Waals surface area contributed by atoms with Gasteiger partial charge in [0.15, 0.2) is 0 Å². The van der Waals surface area contributed by atoms with E-state index in [9.17, 15) is 9.59 Å². The van der Waals surface area contributed by atoms with Crippen molar-refractivity contribution in [3.63, 3.8) is 0 Å². The molecule has 3 aromatic rings. The highest BCUT2D eigenvalue weighted by Gasteiger charge is 2.22. The van der Waals surface area contributed by atoms with Crippen LogP contribution >= 0.6 is 0 Å². The molecule has 0 aliphatic carbocycles. The molecule has 0 fully saturated rings. The lowest BCUT2D eigenvalue weighted by atomic mass is 10.0. The zero-order valence-corrected chi connectivity index (χ0v) is 17.8. The van der Waals surface area contributed by atoms with E-state index >= 15 is 0 Å². The van der Waals surface area contributed by atoms with Crippen LogP contribution in [0.5, 0.6) is 0 Å². The van der Waals surface area contributed by atoms with Gasteiger partial charge >= 0.3 is 0 Å². The van der Waals surface area contributed by atoms with Crippen molar-refractivity contribution in [1.82, 2.24) is 10.6 Å². The molecule has 0 saturated heterocycles. The number of aryl methyl sites for hydroxylation is 2. The molecule has 1 unspecified atom stereocenters. The molecule has 0 aromatic heterocycles. The second-order valence-corrected chi connectivity index (χ2v) is 7.66. The third-order valence-corrected chi connectivity index (χ3v) is 5.21. The smallest absolute Gasteiger partial charge is 0.247 e. The van der Waals surface area contributed by atoms with Crippen molar-refractivity contribution in [2.24, 2.45) is 0 Å². The van der Waals surface area contributed by atoms with Crippen LogP contribution in [0.15, 0.2) is 78.9 Å². The minimum Gasteiger partial charge on any atom is -0.399 e. The summed E-state index contributed by atoms with van der Waals surface area (Å²) >= 11 is 0. The summed E-state index contributed by atoms with van der Waals surface area (Å²) in [5.41, 5.74) is 10.5. The van der Waals surface area contributed by atoms with Crippen molar-refractivity contribution >= 4 is 17.5 Å². The average molecular weight is 416 g/mol. The largest absolute Gasteiger partial charge is 0.399 e. The molecule has 5 heteroatoms. The Morgan fingerprint density at radius 1 is 0.903 bits per heavy atom. The summed E-state index contributed by atoms with van der Waals surface area (Å²) in [4.78, 5) is 25.5. The van der Waals surface area contributed by atoms with Gasteiger partial charge < -0.3 is 16.4 Å². The highest BCUT2D eigenvalue weighted by atomic mass is 16.2. The molecule has 0 aliphatic heterocycles. The summed E-state index contributed by atoms with van der Waals surface area (Å²) < 4.78 is 0. The minimum atomic E-state index is -0.736. The average Bonchev–Trinajstić information content (AvgIpc) is 2.79. The van der Waals surface area contributed by atoms with Crippen LogP contribution in [0.25, 0.3) is 0 Å². The van der Waals surface area contributed by atoms with Crippen molar-refractivity contribution < 1.29 is 9.59 Å². The fourth-order valence-electron chi connectivity index (χ4n) is 3.42. The van der Waals surface area contributed by atoms with Crippen molar-refractivity contribution in [2.45, 2.75) is 38.8 Å². The molecule has 3 aromatic carbocycles. The van der Waals surface area contributed by atoms with Crippen molar-refractivity contribution in [3.05, 3.63) is 101 Å². The summed E-state index contributed by atoms with van der Waals surface area (Å²) in [6, 6.07) is 24.3. The monoisotopic (exact) mass is 415 g/mol. The van der Waals surface area contributed by atoms with Crippen molar-refractivity contribution in [2.75, 3.05) is 5.73 Å². The van der Waals surface area contributed by atoms with Crippen LogP contribution in [0, 0.1) is 6.92 Å². The maximum Gasteiger partial charge on any atom is 0.247 e. The number of nitrogens with one attached hydrogen (secondary N) is 2. The second kappa shape index (κ2) is 11.0. The highest BCUT2D eigenvalue weighted by molar-refractivity contribution is 5.88. The first-order valence-corrected chi connectivity index (χ1v) is 10.5. The lowest BCUT2D eigenvalue weighted by molar-refractivity contribution is -0.129. The van der Waals surface area contributed by atoms with E-state index in [1.807, 2.05) is 73.7 Å². The van der Waals surface area contributed by atoms with Gasteiger partial charge in [-0.2, -0.15) is 0 Å². The molecule has 4 N–H and O–H groups in total. The minimum absolute atomic E-state index is 0.136. The molecule has 0 saturated carbocycles. The number of nitrogen functional groups attached to an aromatic ring is 1. The van der Waals surface area contributed by atoms with Gasteiger partial charge in [-0.25, -0.2) is 0 Å². The van der Waals surface area contributed by atoms with Gasteiger partial charge in [-0.1, -0.05) is 72.8 Å². The Labute approximate surface area is 183 Å². The predicted molar refractivity (Wildman–Crippen MR) is 124 cm³/mol. The SMILES string of the molecule is Cc1cc(CNC(=O)C(NC(=O)CCCc2ccccc2)c2ccccc2)ccc1N. The molecular formula is C26H29N3O2. The van der Waals surface area contributed by atoms with Crippen LogP contribution in [0.3, 0.4) is 0 Å². The maximum atomic E-state index is 12.9. The Kier molecular flexibility index (Phi) is 7.82. The molecular weight excluding hydrogens is 386 g/mol. The van der Waals surface area contributed by atoms with Crippen LogP contribution in [-0.2, 0) is 22.6 Å². The van der Waals surface area contributed by atoms with Gasteiger partial charge in [-0.05, 0) is 48.1 Å². The van der Waals surface area contributed by atoms with E-state index in [1.54, 1.807) is 0 Å². The molecule has 0 spiro atoms. The fourth-order valence-corrected chi connectivity index (χ4v) is 3.42. The van der Waals surface area contributed by atoms with Gasteiger partial charge in [0, 0.05) is 18.7 Å². The Hall–Kier alpha value is -3.60. The fraction of sp³-hybridized carbons (Fsp3) is 0.231. The Morgan fingerprint density at radius 2 is 1.58 bits per heavy atom. The number of anilines is 1. The summed E-state index contributed by atoms with van der Waals surface area (Å²) in [7, 11) is 0. The number of rotatable bonds is 9. The predicted octanol–water partition coefficient (Wildman–Crippen LogP) is 4.07. The zero-order chi connectivity index (χ0) is 22.1. The van der Waals surface area contributed by atoms with E-state index in [0.29, 0.717) is 13.0 Å². The molecule has 0 radical (unpaired) electrons. The quantitative estimate of drug-likeness (QED) is 0.461. The first-order valence-electron chi connectivity index (χ1n) is 10.5. The maximum absolute atomic E-state index is 12.9. The van der Waals surface area contributed by atoms with Crippen molar-refractivity contribution in [1.29, 1.82) is 0 Å². The van der Waals surface area contributed by atoms with Gasteiger partial charge in [0.05, 0.1) is 0 Å². The number of amides is 2. The van der Waals surface area contributed by atoms with Crippen LogP contribution < -0.4 is 16.4 Å². The van der Waals surface area contributed by atoms with Crippen LogP contribution in [0.4, 0.5) is 5.69 Å². The van der Waals surface area contributed by atoms with Crippen LogP contribution in [-0.4, -0.2) is 11.8 Å². The first-order chi connectivity index (χ1) is 15.0. The van der Waals surface area contributed by atoms with E-state index in [2.05, 4.69) is 22.8 Å². The van der Waals surface area contributed by atoms with E-state index in [-0.39, 0.29) is 11.8 Å². The lowest BCUT2D eigenvalue weighted by Gasteiger charge is -2.19. The summed E-state index contributed by atoms with van der Waals surface area (Å²) in [6.07, 6.45) is 1.92. The third kappa shape index (κ3) is 6.71. The van der Waals surface area contributed by atoms with E-state index in [4.69, 9.17) is 5.73 Å². The normalized spacial score (nSPS) is 11.5. The zero-order valence-electron chi connectivity index (χ0n) is 17.8. The molecule has 1 atom stereocenters. The first kappa shape index (κ1) is 22.1. The molecule has 2 amide bonds. The van der Waals surface area contributed by atoms with Gasteiger partial charge in [-0.15, -0.1) is 0 Å². The van der Waals surface area contributed by atoms with Gasteiger partial charge in [0.2, 0.25) is 11.8 Å². The molecule has 3 rings (SSSR count). The summed E-state index contributed by atoms with van der Waals surface area (Å²) in [5, 5.41) is 5.84. The molecule has 0 bridgehead atoms. The summed E-state index contributed by atoms with van der Waals surface area (Å²) in [5.74, 6) is -0.375. The van der Waals surface area contributed by atoms with E-state index < -0.39 is 6.04 Å². The summed E-state index contributed by atoms with van der Waals surface area (Å²) in [6.45, 7) is 2.30. The lowest BCUT2D eigenvalue weighted by Crippen LogP contribution is -2.40. The third-order valence-electron chi connectivity index (χ3n) is 5.21. The second-order valence-electron chi connectivity index (χ2n) is 7.66. The molecule has 160 valence electrons. The number of carbonyl (C=O) groups excluding carboxylic acids is 2. The van der Waals surface area contributed by atoms with Gasteiger partial charge in [-0.3, -0.25) is 9.59 Å². The number of nitrogens with two attached hydrogens (primary N) is 1. The molecule has 31 heavy (non-hydrogen) atoms. The number of hydrogen-bond acceptors (Lipinski definition) is 3. The van der Waals surface area contributed by atoms with Crippen LogP contribution in [0.2, 0.25) is 0 Å². The van der Waals surface area contributed by atoms with Crippen molar-refractivity contribution in [3.8, 4) is 0 Å². The van der Waals surface area contributed by atoms with Gasteiger partial charge in [0.25, 0.3) is 0 Å². The molecule has 0 heterocycles. The van der Waals surface area contributed by atoms with E-state index in [0.717, 1.165) is 35.2 Å². The van der Waals surface area contributed by atoms with E-state index in [1.165, 1.54) is 5.56 Å². The number of hydrogen-bond donors (Lipinski definition) is 3. The Bertz CT molecular complexity index is 1000. The number of carbonyl (C=O) groups is 2. The Morgan fingerprint density at radius 3 is 2.26 bits per heavy atom. The molecule has 0 aliphatic rings. The molecule has 5 nitrogen and oxygen atoms in total. The van der Waals surface area contributed by atoms with Crippen LogP contribution in [0.1, 0.15) is 41.1 Å². The topological polar surface area (TPSA) is 84.2 Å².